The second-order valence-corrected chi connectivity index (χ2v) is 7.03. The summed E-state index contributed by atoms with van der Waals surface area (Å²) in [5, 5.41) is 2.48. The highest BCUT2D eigenvalue weighted by Gasteiger charge is 2.32. The summed E-state index contributed by atoms with van der Waals surface area (Å²) in [5.41, 5.74) is 2.66. The normalized spacial score (nSPS) is 15.8. The van der Waals surface area contributed by atoms with Crippen molar-refractivity contribution in [2.24, 2.45) is 0 Å². The number of hydrogen-bond acceptors (Lipinski definition) is 3. The molecule has 0 aliphatic carbocycles. The molecular formula is C16H15ClO2S. The summed E-state index contributed by atoms with van der Waals surface area (Å²) >= 11 is 7.59. The van der Waals surface area contributed by atoms with E-state index < -0.39 is 0 Å². The van der Waals surface area contributed by atoms with Gasteiger partial charge in [-0.3, -0.25) is 4.79 Å². The summed E-state index contributed by atoms with van der Waals surface area (Å²) < 4.78 is 5.65. The number of benzene rings is 1. The van der Waals surface area contributed by atoms with Gasteiger partial charge in [-0.1, -0.05) is 25.4 Å². The first-order chi connectivity index (χ1) is 9.40. The fourth-order valence-corrected chi connectivity index (χ4v) is 3.62. The van der Waals surface area contributed by atoms with Crippen molar-refractivity contribution in [3.8, 4) is 5.75 Å². The molecule has 0 saturated heterocycles. The van der Waals surface area contributed by atoms with Crippen LogP contribution in [0.1, 0.15) is 40.2 Å². The monoisotopic (exact) mass is 306 g/mol. The van der Waals surface area contributed by atoms with Crippen LogP contribution in [-0.4, -0.2) is 12.4 Å². The zero-order valence-corrected chi connectivity index (χ0v) is 13.2. The van der Waals surface area contributed by atoms with E-state index in [9.17, 15) is 4.79 Å². The van der Waals surface area contributed by atoms with Crippen LogP contribution in [0.4, 0.5) is 0 Å². The third-order valence-corrected chi connectivity index (χ3v) is 5.36. The van der Waals surface area contributed by atoms with Gasteiger partial charge in [-0.05, 0) is 36.1 Å². The van der Waals surface area contributed by atoms with Crippen LogP contribution in [0.3, 0.4) is 0 Å². The van der Waals surface area contributed by atoms with Gasteiger partial charge < -0.3 is 4.74 Å². The minimum Gasteiger partial charge on any atom is -0.492 e. The highest BCUT2D eigenvalue weighted by Crippen LogP contribution is 2.39. The predicted octanol–water partition coefficient (Wildman–Crippen LogP) is 4.61. The summed E-state index contributed by atoms with van der Waals surface area (Å²) in [7, 11) is 0. The van der Waals surface area contributed by atoms with Crippen molar-refractivity contribution in [3.63, 3.8) is 0 Å². The summed E-state index contributed by atoms with van der Waals surface area (Å²) in [5.74, 6) is 0.860. The smallest absolute Gasteiger partial charge is 0.204 e. The van der Waals surface area contributed by atoms with E-state index in [1.807, 2.05) is 30.5 Å². The van der Waals surface area contributed by atoms with Gasteiger partial charge in [0.1, 0.15) is 5.75 Å². The second-order valence-electron chi connectivity index (χ2n) is 5.77. The van der Waals surface area contributed by atoms with Crippen LogP contribution >= 0.6 is 22.9 Å². The second kappa shape index (κ2) is 4.61. The summed E-state index contributed by atoms with van der Waals surface area (Å²) in [4.78, 5) is 13.2. The molecule has 0 unspecified atom stereocenters. The number of rotatable bonds is 2. The van der Waals surface area contributed by atoms with Crippen molar-refractivity contribution in [1.29, 1.82) is 0 Å². The van der Waals surface area contributed by atoms with Crippen molar-refractivity contribution in [2.45, 2.75) is 26.2 Å². The molecule has 2 aromatic rings. The number of fused-ring (bicyclic) bond motifs is 1. The number of carbonyl (C=O) groups is 1. The van der Waals surface area contributed by atoms with E-state index >= 15 is 0 Å². The average Bonchev–Trinajstić information content (AvgIpc) is 2.91. The number of ether oxygens (including phenoxy) is 1. The summed E-state index contributed by atoms with van der Waals surface area (Å²) in [6, 6.07) is 5.63. The average molecular weight is 307 g/mol. The van der Waals surface area contributed by atoms with Crippen molar-refractivity contribution < 1.29 is 9.53 Å². The first kappa shape index (κ1) is 13.7. The molecule has 2 nitrogen and oxygen atoms in total. The topological polar surface area (TPSA) is 26.3 Å². The Balaban J connectivity index is 2.04. The van der Waals surface area contributed by atoms with Crippen LogP contribution < -0.4 is 4.74 Å². The third kappa shape index (κ3) is 2.05. The van der Waals surface area contributed by atoms with Crippen LogP contribution in [0.25, 0.3) is 0 Å². The Morgan fingerprint density at radius 3 is 2.80 bits per heavy atom. The van der Waals surface area contributed by atoms with Gasteiger partial charge in [0.15, 0.2) is 0 Å². The fourth-order valence-electron chi connectivity index (χ4n) is 2.38. The van der Waals surface area contributed by atoms with Crippen molar-refractivity contribution in [1.82, 2.24) is 0 Å². The van der Waals surface area contributed by atoms with Gasteiger partial charge in [0, 0.05) is 16.5 Å². The Morgan fingerprint density at radius 2 is 2.15 bits per heavy atom. The van der Waals surface area contributed by atoms with Gasteiger partial charge in [0.25, 0.3) is 0 Å². The molecule has 0 saturated carbocycles. The molecule has 1 aliphatic heterocycles. The Morgan fingerprint density at radius 1 is 1.40 bits per heavy atom. The van der Waals surface area contributed by atoms with Crippen LogP contribution in [0.15, 0.2) is 23.6 Å². The fraction of sp³-hybridized carbons (Fsp3) is 0.312. The predicted molar refractivity (Wildman–Crippen MR) is 82.5 cm³/mol. The Bertz CT molecular complexity index is 700. The summed E-state index contributed by atoms with van der Waals surface area (Å²) in [6.07, 6.45) is 0. The van der Waals surface area contributed by atoms with Crippen molar-refractivity contribution in [3.05, 3.63) is 50.2 Å². The number of aryl methyl sites for hydroxylation is 1. The van der Waals surface area contributed by atoms with Gasteiger partial charge in [-0.2, -0.15) is 0 Å². The van der Waals surface area contributed by atoms with E-state index in [0.29, 0.717) is 22.1 Å². The first-order valence-electron chi connectivity index (χ1n) is 6.46. The highest BCUT2D eigenvalue weighted by molar-refractivity contribution is 7.13. The molecule has 3 rings (SSSR count). The Labute approximate surface area is 127 Å². The molecule has 104 valence electrons. The molecule has 0 fully saturated rings. The number of carbonyl (C=O) groups excluding carboxylic acids is 1. The van der Waals surface area contributed by atoms with E-state index in [1.54, 1.807) is 0 Å². The maximum atomic E-state index is 12.6. The van der Waals surface area contributed by atoms with Gasteiger partial charge in [-0.25, -0.2) is 0 Å². The summed E-state index contributed by atoms with van der Waals surface area (Å²) in [6.45, 7) is 6.80. The molecule has 0 atom stereocenters. The number of hydrogen-bond donors (Lipinski definition) is 0. The van der Waals surface area contributed by atoms with E-state index in [2.05, 4.69) is 13.8 Å². The van der Waals surface area contributed by atoms with E-state index in [1.165, 1.54) is 11.3 Å². The zero-order chi connectivity index (χ0) is 14.5. The van der Waals surface area contributed by atoms with Crippen molar-refractivity contribution >= 4 is 28.7 Å². The lowest BCUT2D eigenvalue weighted by Gasteiger charge is -2.15. The molecule has 1 aromatic heterocycles. The lowest BCUT2D eigenvalue weighted by atomic mass is 9.86. The minimum absolute atomic E-state index is 0.0152. The van der Waals surface area contributed by atoms with E-state index in [-0.39, 0.29) is 11.2 Å². The Kier molecular flexibility index (Phi) is 3.14. The number of ketones is 1. The molecule has 0 spiro atoms. The maximum absolute atomic E-state index is 12.6. The lowest BCUT2D eigenvalue weighted by Crippen LogP contribution is -2.18. The van der Waals surface area contributed by atoms with Gasteiger partial charge >= 0.3 is 0 Å². The molecule has 2 heterocycles. The van der Waals surface area contributed by atoms with Crippen LogP contribution in [-0.2, 0) is 5.41 Å². The quantitative estimate of drug-likeness (QED) is 0.757. The maximum Gasteiger partial charge on any atom is 0.204 e. The molecule has 1 aromatic carbocycles. The standard InChI is InChI=1S/C16H15ClO2S/c1-9-7-20-15(13(9)17)14(18)10-4-5-12-11(6-10)16(2,3)8-19-12/h4-7H,8H2,1-3H3. The zero-order valence-electron chi connectivity index (χ0n) is 11.6. The van der Waals surface area contributed by atoms with Crippen LogP contribution in [0.5, 0.6) is 5.75 Å². The van der Waals surface area contributed by atoms with Gasteiger partial charge in [0.2, 0.25) is 5.78 Å². The number of thiophene rings is 1. The molecule has 0 amide bonds. The largest absolute Gasteiger partial charge is 0.492 e. The molecule has 20 heavy (non-hydrogen) atoms. The number of halogens is 1. The SMILES string of the molecule is Cc1csc(C(=O)c2ccc3c(c2)C(C)(C)CO3)c1Cl. The highest BCUT2D eigenvalue weighted by atomic mass is 35.5. The molecule has 0 bridgehead atoms. The molecule has 0 radical (unpaired) electrons. The lowest BCUT2D eigenvalue weighted by molar-refractivity contribution is 0.104. The third-order valence-electron chi connectivity index (χ3n) is 3.66. The van der Waals surface area contributed by atoms with E-state index in [0.717, 1.165) is 16.9 Å². The minimum atomic E-state index is -0.0548. The molecule has 1 aliphatic rings. The molecule has 4 heteroatoms. The van der Waals surface area contributed by atoms with E-state index in [4.69, 9.17) is 16.3 Å². The van der Waals surface area contributed by atoms with Crippen LogP contribution in [0, 0.1) is 6.92 Å². The van der Waals surface area contributed by atoms with Crippen molar-refractivity contribution in [2.75, 3.05) is 6.61 Å². The first-order valence-corrected chi connectivity index (χ1v) is 7.71. The molecule has 0 N–H and O–H groups in total. The Hall–Kier alpha value is -1.32. The van der Waals surface area contributed by atoms with Crippen LogP contribution in [0.2, 0.25) is 5.02 Å². The van der Waals surface area contributed by atoms with Gasteiger partial charge in [0.05, 0.1) is 16.5 Å². The molecular weight excluding hydrogens is 292 g/mol. The van der Waals surface area contributed by atoms with Gasteiger partial charge in [-0.15, -0.1) is 11.3 Å².